The van der Waals surface area contributed by atoms with Crippen LogP contribution in [0.15, 0.2) is 94.7 Å². The summed E-state index contributed by atoms with van der Waals surface area (Å²) in [4.78, 5) is 36.1. The van der Waals surface area contributed by atoms with E-state index >= 15 is 0 Å². The van der Waals surface area contributed by atoms with Gasteiger partial charge < -0.3 is 10.1 Å². The van der Waals surface area contributed by atoms with Gasteiger partial charge in [-0.3, -0.25) is 4.79 Å². The van der Waals surface area contributed by atoms with Gasteiger partial charge in [0.15, 0.2) is 0 Å². The van der Waals surface area contributed by atoms with Crippen LogP contribution in [0.2, 0.25) is 0 Å². The topological polar surface area (TPSA) is 85.6 Å². The molecule has 186 valence electrons. The summed E-state index contributed by atoms with van der Waals surface area (Å²) in [7, 11) is 0. The summed E-state index contributed by atoms with van der Waals surface area (Å²) in [5.41, 5.74) is 4.24. The standard InChI is InChI=1S/C30H28N4O3/c1-4-37-29(35)24-20(3)31-28-26(25(24)21-11-7-5-8-12-21)27(32-22-17-15-19(2)16-18-22)33-30(36)34(28)23-13-9-6-10-14-23/h5-18,24-25H,4H2,1-3H3,(H,32,33,36). The number of carbonyl (C=O) groups excluding carboxylic acids is 1. The quantitative estimate of drug-likeness (QED) is 0.349. The van der Waals surface area contributed by atoms with Gasteiger partial charge >= 0.3 is 11.7 Å². The number of esters is 1. The van der Waals surface area contributed by atoms with Crippen molar-refractivity contribution in [3.05, 3.63) is 112 Å². The Hall–Kier alpha value is -4.52. The number of fused-ring (bicyclic) bond motifs is 1. The average molecular weight is 493 g/mol. The number of carbonyl (C=O) groups is 1. The third-order valence-electron chi connectivity index (χ3n) is 6.51. The second kappa shape index (κ2) is 10.2. The van der Waals surface area contributed by atoms with Gasteiger partial charge in [0.25, 0.3) is 0 Å². The summed E-state index contributed by atoms with van der Waals surface area (Å²) >= 11 is 0. The van der Waals surface area contributed by atoms with Crippen LogP contribution in [0.3, 0.4) is 0 Å². The first-order valence-corrected chi connectivity index (χ1v) is 12.3. The molecule has 0 aliphatic carbocycles. The van der Waals surface area contributed by atoms with Crippen molar-refractivity contribution in [3.8, 4) is 5.69 Å². The van der Waals surface area contributed by atoms with Crippen LogP contribution in [0.4, 0.5) is 17.3 Å². The Labute approximate surface area is 215 Å². The van der Waals surface area contributed by atoms with E-state index in [-0.39, 0.29) is 12.6 Å². The molecule has 0 spiro atoms. The molecule has 1 aliphatic heterocycles. The number of aromatic nitrogens is 2. The van der Waals surface area contributed by atoms with E-state index in [4.69, 9.17) is 9.73 Å². The average Bonchev–Trinajstić information content (AvgIpc) is 2.90. The molecule has 0 bridgehead atoms. The minimum Gasteiger partial charge on any atom is -0.465 e. The van der Waals surface area contributed by atoms with Crippen LogP contribution in [0.1, 0.15) is 36.5 Å². The van der Waals surface area contributed by atoms with Crippen molar-refractivity contribution in [2.45, 2.75) is 26.7 Å². The van der Waals surface area contributed by atoms with Crippen molar-refractivity contribution in [2.24, 2.45) is 10.9 Å². The van der Waals surface area contributed by atoms with Gasteiger partial charge in [-0.1, -0.05) is 66.2 Å². The summed E-state index contributed by atoms with van der Waals surface area (Å²) in [5.74, 6) is -0.675. The molecule has 7 heteroatoms. The van der Waals surface area contributed by atoms with Gasteiger partial charge in [0.2, 0.25) is 0 Å². The zero-order valence-electron chi connectivity index (χ0n) is 21.0. The van der Waals surface area contributed by atoms with Crippen molar-refractivity contribution in [2.75, 3.05) is 11.9 Å². The highest BCUT2D eigenvalue weighted by Gasteiger charge is 2.42. The Morgan fingerprint density at radius 1 is 0.946 bits per heavy atom. The molecule has 0 radical (unpaired) electrons. The predicted molar refractivity (Wildman–Crippen MR) is 145 cm³/mol. The van der Waals surface area contributed by atoms with Gasteiger partial charge in [0, 0.05) is 22.9 Å². The number of benzene rings is 3. The fraction of sp³-hybridized carbons (Fsp3) is 0.200. The maximum absolute atomic E-state index is 13.5. The molecule has 2 atom stereocenters. The van der Waals surface area contributed by atoms with E-state index < -0.39 is 17.5 Å². The molecule has 37 heavy (non-hydrogen) atoms. The summed E-state index contributed by atoms with van der Waals surface area (Å²) in [6.07, 6.45) is 0. The van der Waals surface area contributed by atoms with E-state index in [1.165, 1.54) is 4.57 Å². The Kier molecular flexibility index (Phi) is 6.68. The molecule has 3 aromatic carbocycles. The Balaban J connectivity index is 1.82. The lowest BCUT2D eigenvalue weighted by atomic mass is 9.76. The minimum atomic E-state index is -0.669. The number of aryl methyl sites for hydroxylation is 1. The normalized spacial score (nSPS) is 16.5. The monoisotopic (exact) mass is 492 g/mol. The van der Waals surface area contributed by atoms with Crippen LogP contribution >= 0.6 is 0 Å². The predicted octanol–water partition coefficient (Wildman–Crippen LogP) is 5.70. The Morgan fingerprint density at radius 2 is 1.59 bits per heavy atom. The number of hydrogen-bond donors (Lipinski definition) is 1. The fourth-order valence-electron chi connectivity index (χ4n) is 4.80. The highest BCUT2D eigenvalue weighted by Crippen LogP contribution is 2.46. The van der Waals surface area contributed by atoms with Crippen LogP contribution in [-0.4, -0.2) is 27.8 Å². The number of nitrogens with zero attached hydrogens (tertiary/aromatic N) is 3. The van der Waals surface area contributed by atoms with Gasteiger partial charge in [0.1, 0.15) is 17.6 Å². The van der Waals surface area contributed by atoms with E-state index in [2.05, 4.69) is 10.3 Å². The molecule has 1 N–H and O–H groups in total. The Bertz CT molecular complexity index is 1510. The van der Waals surface area contributed by atoms with Crippen molar-refractivity contribution < 1.29 is 9.53 Å². The highest BCUT2D eigenvalue weighted by molar-refractivity contribution is 6.05. The van der Waals surface area contributed by atoms with Crippen LogP contribution in [-0.2, 0) is 9.53 Å². The molecular weight excluding hydrogens is 464 g/mol. The number of para-hydroxylation sites is 1. The number of aliphatic imine (C=N–C) groups is 1. The summed E-state index contributed by atoms with van der Waals surface area (Å²) in [6.45, 7) is 5.87. The Morgan fingerprint density at radius 3 is 2.24 bits per heavy atom. The summed E-state index contributed by atoms with van der Waals surface area (Å²) in [5, 5.41) is 3.34. The number of hydrogen-bond acceptors (Lipinski definition) is 6. The maximum Gasteiger partial charge on any atom is 0.355 e. The molecule has 0 fully saturated rings. The van der Waals surface area contributed by atoms with Crippen LogP contribution in [0, 0.1) is 12.8 Å². The molecule has 7 nitrogen and oxygen atoms in total. The lowest BCUT2D eigenvalue weighted by molar-refractivity contribution is -0.146. The lowest BCUT2D eigenvalue weighted by Crippen LogP contribution is -2.36. The highest BCUT2D eigenvalue weighted by atomic mass is 16.5. The first kappa shape index (κ1) is 24.2. The first-order valence-electron chi connectivity index (χ1n) is 12.3. The van der Waals surface area contributed by atoms with E-state index in [9.17, 15) is 9.59 Å². The summed E-state index contributed by atoms with van der Waals surface area (Å²) < 4.78 is 7.01. The molecule has 2 unspecified atom stereocenters. The third-order valence-corrected chi connectivity index (χ3v) is 6.51. The molecule has 1 aromatic heterocycles. The molecule has 0 saturated carbocycles. The maximum atomic E-state index is 13.5. The molecule has 0 amide bonds. The second-order valence-electron chi connectivity index (χ2n) is 9.01. The van der Waals surface area contributed by atoms with Crippen molar-refractivity contribution >= 4 is 29.0 Å². The number of nitrogens with one attached hydrogen (secondary N) is 1. The molecular formula is C30H28N4O3. The fourth-order valence-corrected chi connectivity index (χ4v) is 4.80. The molecule has 2 heterocycles. The molecule has 4 aromatic rings. The largest absolute Gasteiger partial charge is 0.465 e. The summed E-state index contributed by atoms with van der Waals surface area (Å²) in [6, 6.07) is 26.9. The number of rotatable bonds is 6. The zero-order valence-corrected chi connectivity index (χ0v) is 21.0. The smallest absolute Gasteiger partial charge is 0.355 e. The molecule has 5 rings (SSSR count). The van der Waals surface area contributed by atoms with Crippen molar-refractivity contribution in [1.29, 1.82) is 0 Å². The lowest BCUT2D eigenvalue weighted by Gasteiger charge is -2.33. The minimum absolute atomic E-state index is 0.257. The van der Waals surface area contributed by atoms with Crippen molar-refractivity contribution in [1.82, 2.24) is 9.55 Å². The SMILES string of the molecule is CCOC(=O)C1C(C)=Nc2c(c(Nc3ccc(C)cc3)nc(=O)n2-c2ccccc2)C1c1ccccc1. The van der Waals surface area contributed by atoms with Crippen LogP contribution < -0.4 is 11.0 Å². The molecule has 1 aliphatic rings. The molecule has 0 saturated heterocycles. The number of anilines is 2. The first-order chi connectivity index (χ1) is 18.0. The second-order valence-corrected chi connectivity index (χ2v) is 9.01. The van der Waals surface area contributed by atoms with Gasteiger partial charge in [0.05, 0.1) is 12.3 Å². The van der Waals surface area contributed by atoms with E-state index in [0.717, 1.165) is 16.8 Å². The third kappa shape index (κ3) is 4.68. The van der Waals surface area contributed by atoms with Crippen molar-refractivity contribution in [3.63, 3.8) is 0 Å². The van der Waals surface area contributed by atoms with Crippen LogP contribution in [0.5, 0.6) is 0 Å². The van der Waals surface area contributed by atoms with E-state index in [1.54, 1.807) is 6.92 Å². The van der Waals surface area contributed by atoms with Crippen LogP contribution in [0.25, 0.3) is 5.69 Å². The van der Waals surface area contributed by atoms with E-state index in [0.29, 0.717) is 28.6 Å². The zero-order chi connectivity index (χ0) is 25.9. The van der Waals surface area contributed by atoms with Gasteiger partial charge in [-0.2, -0.15) is 4.98 Å². The van der Waals surface area contributed by atoms with Gasteiger partial charge in [-0.05, 0) is 50.6 Å². The van der Waals surface area contributed by atoms with E-state index in [1.807, 2.05) is 98.8 Å². The number of ether oxygens (including phenoxy) is 1. The van der Waals surface area contributed by atoms with Gasteiger partial charge in [-0.25, -0.2) is 14.4 Å². The van der Waals surface area contributed by atoms with Gasteiger partial charge in [-0.15, -0.1) is 0 Å².